The van der Waals surface area contributed by atoms with Gasteiger partial charge in [0.2, 0.25) is 0 Å². The first-order valence-corrected chi connectivity index (χ1v) is 7.11. The SMILES string of the molecule is O=C(c1cccc(Br)c1)N1CCC[C@@H]1C1CC1. The fourth-order valence-corrected chi connectivity index (χ4v) is 3.20. The molecule has 1 aliphatic carbocycles. The van der Waals surface area contributed by atoms with Crippen LogP contribution in [0.5, 0.6) is 0 Å². The molecule has 0 N–H and O–H groups in total. The van der Waals surface area contributed by atoms with Crippen LogP contribution in [0.25, 0.3) is 0 Å². The number of rotatable bonds is 2. The average molecular weight is 294 g/mol. The third-order valence-corrected chi connectivity index (χ3v) is 4.29. The lowest BCUT2D eigenvalue weighted by Gasteiger charge is -2.24. The van der Waals surface area contributed by atoms with Crippen LogP contribution in [0.3, 0.4) is 0 Å². The van der Waals surface area contributed by atoms with E-state index in [4.69, 9.17) is 0 Å². The van der Waals surface area contributed by atoms with Crippen molar-refractivity contribution in [1.82, 2.24) is 4.90 Å². The number of amides is 1. The molecule has 0 spiro atoms. The van der Waals surface area contributed by atoms with Gasteiger partial charge in [-0.05, 0) is 49.8 Å². The van der Waals surface area contributed by atoms with Gasteiger partial charge in [0.25, 0.3) is 5.91 Å². The van der Waals surface area contributed by atoms with Crippen LogP contribution >= 0.6 is 15.9 Å². The van der Waals surface area contributed by atoms with Gasteiger partial charge in [-0.15, -0.1) is 0 Å². The molecule has 0 unspecified atom stereocenters. The van der Waals surface area contributed by atoms with Gasteiger partial charge >= 0.3 is 0 Å². The summed E-state index contributed by atoms with van der Waals surface area (Å²) < 4.78 is 0.977. The minimum Gasteiger partial charge on any atom is -0.335 e. The molecule has 1 saturated carbocycles. The van der Waals surface area contributed by atoms with E-state index in [2.05, 4.69) is 20.8 Å². The van der Waals surface area contributed by atoms with Crippen LogP contribution in [0.1, 0.15) is 36.0 Å². The predicted molar refractivity (Wildman–Crippen MR) is 70.9 cm³/mol. The van der Waals surface area contributed by atoms with Gasteiger partial charge in [0.15, 0.2) is 0 Å². The highest BCUT2D eigenvalue weighted by Crippen LogP contribution is 2.40. The molecule has 1 atom stereocenters. The van der Waals surface area contributed by atoms with Crippen LogP contribution in [0.4, 0.5) is 0 Å². The van der Waals surface area contributed by atoms with Gasteiger partial charge in [-0.3, -0.25) is 4.79 Å². The summed E-state index contributed by atoms with van der Waals surface area (Å²) in [6, 6.07) is 8.24. The molecule has 3 heteroatoms. The van der Waals surface area contributed by atoms with Crippen molar-refractivity contribution >= 4 is 21.8 Å². The van der Waals surface area contributed by atoms with Crippen molar-refractivity contribution in [2.45, 2.75) is 31.7 Å². The van der Waals surface area contributed by atoms with Crippen LogP contribution in [0, 0.1) is 5.92 Å². The van der Waals surface area contributed by atoms with Crippen molar-refractivity contribution in [1.29, 1.82) is 0 Å². The van der Waals surface area contributed by atoms with E-state index in [0.717, 1.165) is 22.5 Å². The summed E-state index contributed by atoms with van der Waals surface area (Å²) >= 11 is 3.42. The Hall–Kier alpha value is -0.830. The van der Waals surface area contributed by atoms with Gasteiger partial charge in [-0.2, -0.15) is 0 Å². The Labute approximate surface area is 110 Å². The Morgan fingerprint density at radius 3 is 2.82 bits per heavy atom. The highest BCUT2D eigenvalue weighted by molar-refractivity contribution is 9.10. The summed E-state index contributed by atoms with van der Waals surface area (Å²) in [7, 11) is 0. The van der Waals surface area contributed by atoms with Crippen LogP contribution in [-0.2, 0) is 0 Å². The Kier molecular flexibility index (Phi) is 2.95. The van der Waals surface area contributed by atoms with Crippen molar-refractivity contribution in [2.75, 3.05) is 6.54 Å². The molecule has 1 aromatic rings. The number of carbonyl (C=O) groups is 1. The number of likely N-dealkylation sites (tertiary alicyclic amines) is 1. The highest BCUT2D eigenvalue weighted by atomic mass is 79.9. The number of carbonyl (C=O) groups excluding carboxylic acids is 1. The zero-order valence-electron chi connectivity index (χ0n) is 9.73. The summed E-state index contributed by atoms with van der Waals surface area (Å²) in [5.41, 5.74) is 0.812. The normalized spacial score (nSPS) is 24.1. The third-order valence-electron chi connectivity index (χ3n) is 3.80. The van der Waals surface area contributed by atoms with E-state index in [1.165, 1.54) is 25.7 Å². The van der Waals surface area contributed by atoms with Crippen LogP contribution < -0.4 is 0 Å². The van der Waals surface area contributed by atoms with E-state index in [1.54, 1.807) is 0 Å². The zero-order valence-corrected chi connectivity index (χ0v) is 11.3. The first kappa shape index (κ1) is 11.3. The third kappa shape index (κ3) is 2.25. The summed E-state index contributed by atoms with van der Waals surface area (Å²) in [4.78, 5) is 14.5. The maximum absolute atomic E-state index is 12.4. The fraction of sp³-hybridized carbons (Fsp3) is 0.500. The second-order valence-electron chi connectivity index (χ2n) is 5.06. The first-order valence-electron chi connectivity index (χ1n) is 6.32. The zero-order chi connectivity index (χ0) is 11.8. The number of halogens is 1. The molecule has 0 radical (unpaired) electrons. The molecule has 1 saturated heterocycles. The minimum atomic E-state index is 0.209. The standard InChI is InChI=1S/C14H16BrNO/c15-12-4-1-3-11(9-12)14(17)16-8-2-5-13(16)10-6-7-10/h1,3-4,9-10,13H,2,5-8H2/t13-/m1/s1. The van der Waals surface area contributed by atoms with E-state index < -0.39 is 0 Å². The van der Waals surface area contributed by atoms with Crippen LogP contribution in [0.15, 0.2) is 28.7 Å². The number of hydrogen-bond acceptors (Lipinski definition) is 1. The van der Waals surface area contributed by atoms with Gasteiger partial charge in [-0.1, -0.05) is 22.0 Å². The van der Waals surface area contributed by atoms with Crippen LogP contribution in [0.2, 0.25) is 0 Å². The largest absolute Gasteiger partial charge is 0.335 e. The minimum absolute atomic E-state index is 0.209. The van der Waals surface area contributed by atoms with Gasteiger partial charge in [-0.25, -0.2) is 0 Å². The van der Waals surface area contributed by atoms with Gasteiger partial charge < -0.3 is 4.90 Å². The average Bonchev–Trinajstić information content (AvgIpc) is 3.06. The fourth-order valence-electron chi connectivity index (χ4n) is 2.80. The summed E-state index contributed by atoms with van der Waals surface area (Å²) in [6.07, 6.45) is 4.99. The second-order valence-corrected chi connectivity index (χ2v) is 5.97. The van der Waals surface area contributed by atoms with Crippen LogP contribution in [-0.4, -0.2) is 23.4 Å². The van der Waals surface area contributed by atoms with Gasteiger partial charge in [0, 0.05) is 22.6 Å². The highest BCUT2D eigenvalue weighted by Gasteiger charge is 2.40. The molecule has 1 aliphatic heterocycles. The monoisotopic (exact) mass is 293 g/mol. The molecule has 2 aliphatic rings. The lowest BCUT2D eigenvalue weighted by Crippen LogP contribution is -2.36. The molecule has 90 valence electrons. The van der Waals surface area contributed by atoms with Crippen molar-refractivity contribution < 1.29 is 4.79 Å². The van der Waals surface area contributed by atoms with Gasteiger partial charge in [0.1, 0.15) is 0 Å². The molecular formula is C14H16BrNO. The van der Waals surface area contributed by atoms with Crippen molar-refractivity contribution in [3.8, 4) is 0 Å². The molecule has 0 aromatic heterocycles. The molecular weight excluding hydrogens is 278 g/mol. The molecule has 3 rings (SSSR count). The Morgan fingerprint density at radius 2 is 2.12 bits per heavy atom. The number of hydrogen-bond donors (Lipinski definition) is 0. The van der Waals surface area contributed by atoms with Crippen molar-refractivity contribution in [3.05, 3.63) is 34.3 Å². The topological polar surface area (TPSA) is 20.3 Å². The lowest BCUT2D eigenvalue weighted by molar-refractivity contribution is 0.0721. The van der Waals surface area contributed by atoms with E-state index in [0.29, 0.717) is 6.04 Å². The molecule has 2 nitrogen and oxygen atoms in total. The Bertz CT molecular complexity index is 442. The molecule has 1 aromatic carbocycles. The molecule has 17 heavy (non-hydrogen) atoms. The van der Waals surface area contributed by atoms with Crippen molar-refractivity contribution in [2.24, 2.45) is 5.92 Å². The quantitative estimate of drug-likeness (QED) is 0.818. The smallest absolute Gasteiger partial charge is 0.254 e. The van der Waals surface area contributed by atoms with Gasteiger partial charge in [0.05, 0.1) is 0 Å². The second kappa shape index (κ2) is 4.45. The summed E-state index contributed by atoms with van der Waals surface area (Å²) in [6.45, 7) is 0.937. The lowest BCUT2D eigenvalue weighted by atomic mass is 10.1. The molecule has 1 amide bonds. The summed E-state index contributed by atoms with van der Waals surface area (Å²) in [5.74, 6) is 0.995. The Balaban J connectivity index is 1.81. The number of nitrogens with zero attached hydrogens (tertiary/aromatic N) is 1. The summed E-state index contributed by atoms with van der Waals surface area (Å²) in [5, 5.41) is 0. The maximum atomic E-state index is 12.4. The van der Waals surface area contributed by atoms with E-state index in [-0.39, 0.29) is 5.91 Å². The Morgan fingerprint density at radius 1 is 1.29 bits per heavy atom. The molecule has 2 fully saturated rings. The van der Waals surface area contributed by atoms with Crippen molar-refractivity contribution in [3.63, 3.8) is 0 Å². The number of benzene rings is 1. The first-order chi connectivity index (χ1) is 8.25. The van der Waals surface area contributed by atoms with E-state index in [9.17, 15) is 4.79 Å². The maximum Gasteiger partial charge on any atom is 0.254 e. The van der Waals surface area contributed by atoms with E-state index >= 15 is 0 Å². The van der Waals surface area contributed by atoms with E-state index in [1.807, 2.05) is 24.3 Å². The molecule has 1 heterocycles. The predicted octanol–water partition coefficient (Wildman–Crippen LogP) is 3.46. The molecule has 0 bridgehead atoms.